The zero-order valence-corrected chi connectivity index (χ0v) is 9.77. The summed E-state index contributed by atoms with van der Waals surface area (Å²) in [4.78, 5) is 0. The Balaban J connectivity index is 0.000000165. The van der Waals surface area contributed by atoms with E-state index in [4.69, 9.17) is 5.73 Å². The summed E-state index contributed by atoms with van der Waals surface area (Å²) < 4.78 is 0. The van der Waals surface area contributed by atoms with Crippen LogP contribution in [0.15, 0.2) is 54.6 Å². The molecule has 0 atom stereocenters. The number of hydrogen-bond donors (Lipinski definition) is 2. The van der Waals surface area contributed by atoms with Gasteiger partial charge in [-0.25, -0.2) is 0 Å². The van der Waals surface area contributed by atoms with Crippen molar-refractivity contribution in [3.05, 3.63) is 60.2 Å². The summed E-state index contributed by atoms with van der Waals surface area (Å²) in [6.07, 6.45) is 0. The van der Waals surface area contributed by atoms with Gasteiger partial charge < -0.3 is 11.1 Å². The fourth-order valence-electron chi connectivity index (χ4n) is 1.18. The van der Waals surface area contributed by atoms with Crippen molar-refractivity contribution in [1.29, 1.82) is 0 Å². The molecule has 2 aromatic carbocycles. The predicted molar refractivity (Wildman–Crippen MR) is 71.6 cm³/mol. The molecule has 0 saturated carbocycles. The van der Waals surface area contributed by atoms with Crippen LogP contribution < -0.4 is 11.1 Å². The highest BCUT2D eigenvalue weighted by Gasteiger charge is 1.84. The zero-order valence-electron chi connectivity index (χ0n) is 9.77. The molecule has 0 aliphatic carbocycles. The van der Waals surface area contributed by atoms with Crippen molar-refractivity contribution in [3.63, 3.8) is 0 Å². The van der Waals surface area contributed by atoms with E-state index in [-0.39, 0.29) is 0 Å². The Kier molecular flexibility index (Phi) is 4.93. The number of rotatable bonds is 1. The van der Waals surface area contributed by atoms with Gasteiger partial charge in [-0.15, -0.1) is 0 Å². The summed E-state index contributed by atoms with van der Waals surface area (Å²) >= 11 is 0. The van der Waals surface area contributed by atoms with Gasteiger partial charge in [-0.2, -0.15) is 0 Å². The van der Waals surface area contributed by atoms with Gasteiger partial charge in [0.1, 0.15) is 0 Å². The molecule has 16 heavy (non-hydrogen) atoms. The number of aryl methyl sites for hydroxylation is 1. The molecule has 0 heterocycles. The molecule has 2 heteroatoms. The maximum Gasteiger partial charge on any atom is 0.0339 e. The molecule has 84 valence electrons. The Hall–Kier alpha value is -1.96. The number of benzene rings is 2. The highest BCUT2D eigenvalue weighted by atomic mass is 14.8. The van der Waals surface area contributed by atoms with Crippen LogP contribution in [0.3, 0.4) is 0 Å². The molecule has 2 nitrogen and oxygen atoms in total. The molecule has 2 rings (SSSR count). The maximum atomic E-state index is 5.45. The second-order valence-electron chi connectivity index (χ2n) is 3.53. The van der Waals surface area contributed by atoms with Crippen LogP contribution in [0.4, 0.5) is 11.4 Å². The average Bonchev–Trinajstić information content (AvgIpc) is 2.32. The molecule has 0 bridgehead atoms. The molecule has 3 N–H and O–H groups in total. The van der Waals surface area contributed by atoms with Crippen LogP contribution in [0.2, 0.25) is 0 Å². The first-order valence-electron chi connectivity index (χ1n) is 5.27. The number of anilines is 2. The van der Waals surface area contributed by atoms with E-state index in [1.165, 1.54) is 5.56 Å². The fourth-order valence-corrected chi connectivity index (χ4v) is 1.18. The third-order valence-electron chi connectivity index (χ3n) is 2.14. The monoisotopic (exact) mass is 214 g/mol. The van der Waals surface area contributed by atoms with Gasteiger partial charge >= 0.3 is 0 Å². The van der Waals surface area contributed by atoms with Crippen molar-refractivity contribution >= 4 is 11.4 Å². The van der Waals surface area contributed by atoms with E-state index in [9.17, 15) is 0 Å². The van der Waals surface area contributed by atoms with Crippen molar-refractivity contribution in [2.45, 2.75) is 6.92 Å². The third kappa shape index (κ3) is 4.51. The van der Waals surface area contributed by atoms with Crippen molar-refractivity contribution in [1.82, 2.24) is 0 Å². The second kappa shape index (κ2) is 6.51. The Morgan fingerprint density at radius 2 is 1.44 bits per heavy atom. The van der Waals surface area contributed by atoms with Crippen LogP contribution in [0.5, 0.6) is 0 Å². The van der Waals surface area contributed by atoms with Crippen LogP contribution in [0.1, 0.15) is 5.56 Å². The molecule has 0 spiro atoms. The molecule has 2 aromatic rings. The quantitative estimate of drug-likeness (QED) is 0.715. The third-order valence-corrected chi connectivity index (χ3v) is 2.14. The lowest BCUT2D eigenvalue weighted by Crippen LogP contribution is -1.88. The van der Waals surface area contributed by atoms with E-state index in [0.717, 1.165) is 11.4 Å². The van der Waals surface area contributed by atoms with Crippen molar-refractivity contribution in [2.75, 3.05) is 18.1 Å². The first-order valence-corrected chi connectivity index (χ1v) is 5.27. The normalized spacial score (nSPS) is 8.88. The van der Waals surface area contributed by atoms with Gasteiger partial charge in [0, 0.05) is 18.4 Å². The van der Waals surface area contributed by atoms with E-state index in [2.05, 4.69) is 24.4 Å². The summed E-state index contributed by atoms with van der Waals surface area (Å²) in [5.74, 6) is 0. The molecular formula is C14H18N2. The SMILES string of the molecule is CNc1ccc(N)cc1.Cc1ccccc1. The lowest BCUT2D eigenvalue weighted by molar-refractivity contribution is 1.48. The first-order chi connectivity index (χ1) is 7.72. The number of nitrogens with two attached hydrogens (primary N) is 1. The second-order valence-corrected chi connectivity index (χ2v) is 3.53. The molecule has 0 saturated heterocycles. The number of hydrogen-bond acceptors (Lipinski definition) is 2. The standard InChI is InChI=1S/C7H10N2.C7H8/c1-9-7-4-2-6(8)3-5-7;1-7-5-3-2-4-6-7/h2-5,9H,8H2,1H3;2-6H,1H3. The summed E-state index contributed by atoms with van der Waals surface area (Å²) in [7, 11) is 1.88. The minimum absolute atomic E-state index is 0.800. The van der Waals surface area contributed by atoms with E-state index in [0.29, 0.717) is 0 Å². The smallest absolute Gasteiger partial charge is 0.0339 e. The lowest BCUT2D eigenvalue weighted by atomic mass is 10.2. The fraction of sp³-hybridized carbons (Fsp3) is 0.143. The van der Waals surface area contributed by atoms with Gasteiger partial charge in [-0.1, -0.05) is 35.9 Å². The van der Waals surface area contributed by atoms with Crippen LogP contribution in [0.25, 0.3) is 0 Å². The van der Waals surface area contributed by atoms with Crippen molar-refractivity contribution < 1.29 is 0 Å². The predicted octanol–water partition coefficient (Wildman–Crippen LogP) is 3.31. The van der Waals surface area contributed by atoms with Gasteiger partial charge in [0.25, 0.3) is 0 Å². The summed E-state index contributed by atoms with van der Waals surface area (Å²) in [6, 6.07) is 17.9. The van der Waals surface area contributed by atoms with Gasteiger partial charge in [0.05, 0.1) is 0 Å². The molecule has 0 unspecified atom stereocenters. The summed E-state index contributed by atoms with van der Waals surface area (Å²) in [6.45, 7) is 2.08. The summed E-state index contributed by atoms with van der Waals surface area (Å²) in [5, 5.41) is 3.00. The van der Waals surface area contributed by atoms with Crippen LogP contribution in [-0.2, 0) is 0 Å². The van der Waals surface area contributed by atoms with Gasteiger partial charge in [-0.05, 0) is 31.2 Å². The lowest BCUT2D eigenvalue weighted by Gasteiger charge is -1.97. The van der Waals surface area contributed by atoms with Crippen molar-refractivity contribution in [3.8, 4) is 0 Å². The largest absolute Gasteiger partial charge is 0.399 e. The summed E-state index contributed by atoms with van der Waals surface area (Å²) in [5.41, 5.74) is 8.66. The van der Waals surface area contributed by atoms with E-state index in [1.54, 1.807) is 0 Å². The zero-order chi connectivity index (χ0) is 11.8. The Morgan fingerprint density at radius 1 is 0.875 bits per heavy atom. The highest BCUT2D eigenvalue weighted by Crippen LogP contribution is 2.08. The van der Waals surface area contributed by atoms with Crippen LogP contribution in [-0.4, -0.2) is 7.05 Å². The molecule has 0 amide bonds. The van der Waals surface area contributed by atoms with Crippen LogP contribution >= 0.6 is 0 Å². The molecule has 0 radical (unpaired) electrons. The Labute approximate surface area is 97.1 Å². The number of nitrogen functional groups attached to an aromatic ring is 1. The van der Waals surface area contributed by atoms with E-state index < -0.39 is 0 Å². The molecule has 0 aromatic heterocycles. The van der Waals surface area contributed by atoms with Gasteiger partial charge in [0.15, 0.2) is 0 Å². The number of nitrogens with one attached hydrogen (secondary N) is 1. The average molecular weight is 214 g/mol. The highest BCUT2D eigenvalue weighted by molar-refractivity contribution is 5.50. The maximum absolute atomic E-state index is 5.45. The molecular weight excluding hydrogens is 196 g/mol. The topological polar surface area (TPSA) is 38.0 Å². The molecule has 0 aliphatic rings. The van der Waals surface area contributed by atoms with Gasteiger partial charge in [0.2, 0.25) is 0 Å². The minimum atomic E-state index is 0.800. The first kappa shape index (κ1) is 12.1. The van der Waals surface area contributed by atoms with E-state index >= 15 is 0 Å². The Morgan fingerprint density at radius 3 is 1.81 bits per heavy atom. The van der Waals surface area contributed by atoms with Crippen LogP contribution in [0, 0.1) is 6.92 Å². The van der Waals surface area contributed by atoms with Gasteiger partial charge in [-0.3, -0.25) is 0 Å². The van der Waals surface area contributed by atoms with Crippen molar-refractivity contribution in [2.24, 2.45) is 0 Å². The molecule has 0 fully saturated rings. The Bertz CT molecular complexity index is 393. The van der Waals surface area contributed by atoms with E-state index in [1.807, 2.05) is 49.5 Å². The molecule has 0 aliphatic heterocycles. The minimum Gasteiger partial charge on any atom is -0.399 e.